The zero-order valence-electron chi connectivity index (χ0n) is 9.46. The first-order valence-electron chi connectivity index (χ1n) is 5.38. The van der Waals surface area contributed by atoms with Crippen molar-refractivity contribution in [1.29, 1.82) is 0 Å². The van der Waals surface area contributed by atoms with Gasteiger partial charge in [0.05, 0.1) is 6.61 Å². The fraction of sp³-hybridized carbons (Fsp3) is 0.364. The van der Waals surface area contributed by atoms with Crippen LogP contribution in [0, 0.1) is 0 Å². The van der Waals surface area contributed by atoms with Gasteiger partial charge in [-0.05, 0) is 18.9 Å². The molecule has 0 unspecified atom stereocenters. The molecule has 1 aromatic rings. The molecule has 2 nitrogen and oxygen atoms in total. The molecule has 0 amide bonds. The van der Waals surface area contributed by atoms with Crippen molar-refractivity contribution in [3.63, 3.8) is 0 Å². The predicted octanol–water partition coefficient (Wildman–Crippen LogP) is 2.24. The van der Waals surface area contributed by atoms with E-state index in [1.807, 2.05) is 0 Å². The highest BCUT2D eigenvalue weighted by atomic mass is 19.4. The van der Waals surface area contributed by atoms with E-state index in [1.165, 1.54) is 12.1 Å². The lowest BCUT2D eigenvalue weighted by molar-refractivity contribution is -0.143. The Morgan fingerprint density at radius 3 is 2.29 bits per heavy atom. The summed E-state index contributed by atoms with van der Waals surface area (Å²) >= 11 is 0. The second-order valence-electron chi connectivity index (χ2n) is 3.62. The molecule has 0 bridgehead atoms. The summed E-state index contributed by atoms with van der Waals surface area (Å²) < 4.78 is 41.7. The van der Waals surface area contributed by atoms with Gasteiger partial charge in [0.15, 0.2) is 0 Å². The molecular formula is C11H13BF3O2-. The zero-order valence-corrected chi connectivity index (χ0v) is 9.46. The van der Waals surface area contributed by atoms with E-state index >= 15 is 0 Å². The topological polar surface area (TPSA) is 26.3 Å². The van der Waals surface area contributed by atoms with Gasteiger partial charge in [-0.25, -0.2) is 0 Å². The highest BCUT2D eigenvalue weighted by molar-refractivity contribution is 6.73. The molecule has 0 aromatic heterocycles. The van der Waals surface area contributed by atoms with Gasteiger partial charge in [-0.2, -0.15) is 0 Å². The first kappa shape index (κ1) is 13.6. The SMILES string of the molecule is CCOC(=O)CCc1ccc([B-](F)(F)F)cc1. The highest BCUT2D eigenvalue weighted by Crippen LogP contribution is 2.10. The van der Waals surface area contributed by atoms with Crippen LogP contribution in [0.15, 0.2) is 24.3 Å². The standard InChI is InChI=1S/C11H13BF3O2/c1-2-17-11(16)8-5-9-3-6-10(7-4-9)12(13,14)15/h3-4,6-7H,2,5,8H2,1H3/q-1. The largest absolute Gasteiger partial charge is 0.509 e. The van der Waals surface area contributed by atoms with Crippen LogP contribution < -0.4 is 5.46 Å². The smallest absolute Gasteiger partial charge is 0.466 e. The Labute approximate surface area is 97.8 Å². The quantitative estimate of drug-likeness (QED) is 0.587. The number of hydrogen-bond acceptors (Lipinski definition) is 2. The van der Waals surface area contributed by atoms with Gasteiger partial charge in [0.2, 0.25) is 0 Å². The zero-order chi connectivity index (χ0) is 12.9. The number of aryl methyl sites for hydroxylation is 1. The molecule has 0 aliphatic carbocycles. The van der Waals surface area contributed by atoms with Crippen molar-refractivity contribution in [3.05, 3.63) is 29.8 Å². The van der Waals surface area contributed by atoms with Crippen LogP contribution in [-0.4, -0.2) is 19.6 Å². The van der Waals surface area contributed by atoms with Gasteiger partial charge >= 0.3 is 12.9 Å². The monoisotopic (exact) mass is 245 g/mol. The molecule has 0 heterocycles. The maximum absolute atomic E-state index is 12.3. The van der Waals surface area contributed by atoms with Crippen LogP contribution in [0.2, 0.25) is 0 Å². The summed E-state index contributed by atoms with van der Waals surface area (Å²) in [7, 11) is 0. The lowest BCUT2D eigenvalue weighted by atomic mass is 9.80. The molecule has 6 heteroatoms. The van der Waals surface area contributed by atoms with E-state index in [0.29, 0.717) is 18.6 Å². The molecule has 94 valence electrons. The van der Waals surface area contributed by atoms with Crippen LogP contribution in [0.3, 0.4) is 0 Å². The van der Waals surface area contributed by atoms with Crippen LogP contribution in [-0.2, 0) is 16.0 Å². The first-order valence-corrected chi connectivity index (χ1v) is 5.38. The van der Waals surface area contributed by atoms with E-state index in [-0.39, 0.29) is 12.4 Å². The Balaban J connectivity index is 2.54. The Kier molecular flexibility index (Phi) is 4.60. The molecule has 0 radical (unpaired) electrons. The summed E-state index contributed by atoms with van der Waals surface area (Å²) in [5.41, 5.74) is 0.0757. The minimum Gasteiger partial charge on any atom is -0.466 e. The summed E-state index contributed by atoms with van der Waals surface area (Å²) in [5, 5.41) is 0. The van der Waals surface area contributed by atoms with E-state index in [4.69, 9.17) is 4.74 Å². The third-order valence-corrected chi connectivity index (χ3v) is 2.28. The summed E-state index contributed by atoms with van der Waals surface area (Å²) in [5.74, 6) is -0.336. The number of carbonyl (C=O) groups is 1. The highest BCUT2D eigenvalue weighted by Gasteiger charge is 2.24. The molecule has 0 aliphatic heterocycles. The average Bonchev–Trinajstić information content (AvgIpc) is 2.26. The van der Waals surface area contributed by atoms with E-state index < -0.39 is 12.4 Å². The normalized spacial score (nSPS) is 11.3. The molecule has 0 saturated carbocycles. The van der Waals surface area contributed by atoms with Crippen molar-refractivity contribution < 1.29 is 22.5 Å². The van der Waals surface area contributed by atoms with Crippen molar-refractivity contribution >= 4 is 18.4 Å². The molecule has 0 N–H and O–H groups in total. The Morgan fingerprint density at radius 1 is 1.24 bits per heavy atom. The van der Waals surface area contributed by atoms with Gasteiger partial charge in [-0.3, -0.25) is 4.79 Å². The van der Waals surface area contributed by atoms with E-state index in [1.54, 1.807) is 6.92 Å². The number of carbonyl (C=O) groups excluding carboxylic acids is 1. The van der Waals surface area contributed by atoms with Crippen molar-refractivity contribution in [2.45, 2.75) is 19.8 Å². The van der Waals surface area contributed by atoms with Gasteiger partial charge in [0.25, 0.3) is 0 Å². The lowest BCUT2D eigenvalue weighted by Gasteiger charge is -2.14. The molecule has 17 heavy (non-hydrogen) atoms. The summed E-state index contributed by atoms with van der Waals surface area (Å²) in [6, 6.07) is 4.87. The van der Waals surface area contributed by atoms with E-state index in [9.17, 15) is 17.7 Å². The van der Waals surface area contributed by atoms with E-state index in [2.05, 4.69) is 0 Å². The molecule has 0 saturated heterocycles. The Bertz CT molecular complexity index is 373. The lowest BCUT2D eigenvalue weighted by Crippen LogP contribution is -2.33. The van der Waals surface area contributed by atoms with Crippen molar-refractivity contribution in [1.82, 2.24) is 0 Å². The number of esters is 1. The molecule has 0 spiro atoms. The maximum Gasteiger partial charge on any atom is 0.509 e. The number of rotatable bonds is 5. The van der Waals surface area contributed by atoms with Crippen LogP contribution in [0.1, 0.15) is 18.9 Å². The minimum atomic E-state index is -4.94. The Morgan fingerprint density at radius 2 is 1.82 bits per heavy atom. The first-order chi connectivity index (χ1) is 7.93. The summed E-state index contributed by atoms with van der Waals surface area (Å²) in [6.07, 6.45) is 0.578. The number of hydrogen-bond donors (Lipinski definition) is 0. The molecule has 0 fully saturated rings. The number of ether oxygens (including phenoxy) is 1. The van der Waals surface area contributed by atoms with Crippen LogP contribution in [0.25, 0.3) is 0 Å². The fourth-order valence-electron chi connectivity index (χ4n) is 1.38. The van der Waals surface area contributed by atoms with Crippen molar-refractivity contribution in [3.8, 4) is 0 Å². The fourth-order valence-corrected chi connectivity index (χ4v) is 1.38. The van der Waals surface area contributed by atoms with Crippen LogP contribution in [0.5, 0.6) is 0 Å². The number of benzene rings is 1. The maximum atomic E-state index is 12.3. The molecule has 0 atom stereocenters. The van der Waals surface area contributed by atoms with Crippen LogP contribution >= 0.6 is 0 Å². The number of halogens is 3. The molecule has 1 aromatic carbocycles. The Hall–Kier alpha value is -1.46. The molecular weight excluding hydrogens is 232 g/mol. The second-order valence-corrected chi connectivity index (χ2v) is 3.62. The van der Waals surface area contributed by atoms with Gasteiger partial charge < -0.3 is 17.7 Å². The van der Waals surface area contributed by atoms with E-state index in [0.717, 1.165) is 12.1 Å². The van der Waals surface area contributed by atoms with Crippen LogP contribution in [0.4, 0.5) is 12.9 Å². The summed E-state index contributed by atoms with van der Waals surface area (Å²) in [4.78, 5) is 11.0. The van der Waals surface area contributed by atoms with Crippen molar-refractivity contribution in [2.75, 3.05) is 6.61 Å². The third kappa shape index (κ3) is 4.50. The van der Waals surface area contributed by atoms with Crippen molar-refractivity contribution in [2.24, 2.45) is 0 Å². The molecule has 1 rings (SSSR count). The van der Waals surface area contributed by atoms with Gasteiger partial charge in [-0.15, -0.1) is 5.46 Å². The second kappa shape index (κ2) is 5.75. The third-order valence-electron chi connectivity index (χ3n) is 2.28. The van der Waals surface area contributed by atoms with Gasteiger partial charge in [-0.1, -0.05) is 24.3 Å². The minimum absolute atomic E-state index is 0.185. The summed E-state index contributed by atoms with van der Waals surface area (Å²) in [6.45, 7) is -2.92. The van der Waals surface area contributed by atoms with Gasteiger partial charge in [0, 0.05) is 6.42 Å². The predicted molar refractivity (Wildman–Crippen MR) is 60.1 cm³/mol. The van der Waals surface area contributed by atoms with Gasteiger partial charge in [0.1, 0.15) is 0 Å². The average molecular weight is 245 g/mol. The molecule has 0 aliphatic rings.